The summed E-state index contributed by atoms with van der Waals surface area (Å²) in [6.45, 7) is 2.01. The second-order valence-corrected chi connectivity index (χ2v) is 4.91. The number of aryl methyl sites for hydroxylation is 1. The van der Waals surface area contributed by atoms with E-state index in [1.807, 2.05) is 25.1 Å². The minimum absolute atomic E-state index is 0.0930. The number of benzene rings is 1. The summed E-state index contributed by atoms with van der Waals surface area (Å²) >= 11 is 6.10. The summed E-state index contributed by atoms with van der Waals surface area (Å²) in [5.41, 5.74) is 9.40. The van der Waals surface area contributed by atoms with Gasteiger partial charge >= 0.3 is 0 Å². The Hall–Kier alpha value is -1.58. The molecule has 0 radical (unpaired) electrons. The van der Waals surface area contributed by atoms with Crippen LogP contribution in [0.15, 0.2) is 36.7 Å². The number of ether oxygens (including phenoxy) is 1. The smallest absolute Gasteiger partial charge is 0.121 e. The molecule has 0 aliphatic rings. The molecule has 0 aliphatic carbocycles. The molecule has 2 N–H and O–H groups in total. The summed E-state index contributed by atoms with van der Waals surface area (Å²) in [5, 5.41) is 0.656. The van der Waals surface area contributed by atoms with Crippen LogP contribution in [0.1, 0.15) is 22.7 Å². The van der Waals surface area contributed by atoms with E-state index in [1.54, 1.807) is 19.5 Å². The molecular formula is C15H17ClN2O. The van der Waals surface area contributed by atoms with Gasteiger partial charge in [-0.3, -0.25) is 4.98 Å². The number of aromatic nitrogens is 1. The van der Waals surface area contributed by atoms with Crippen LogP contribution >= 0.6 is 11.6 Å². The van der Waals surface area contributed by atoms with Crippen LogP contribution in [-0.4, -0.2) is 12.1 Å². The van der Waals surface area contributed by atoms with E-state index in [2.05, 4.69) is 11.1 Å². The summed E-state index contributed by atoms with van der Waals surface area (Å²) in [6, 6.07) is 7.80. The van der Waals surface area contributed by atoms with Crippen LogP contribution in [0.3, 0.4) is 0 Å². The third-order valence-electron chi connectivity index (χ3n) is 3.14. The van der Waals surface area contributed by atoms with Crippen molar-refractivity contribution in [3.63, 3.8) is 0 Å². The van der Waals surface area contributed by atoms with E-state index in [4.69, 9.17) is 22.1 Å². The summed E-state index contributed by atoms with van der Waals surface area (Å²) in [7, 11) is 1.67. The Balaban J connectivity index is 2.18. The minimum Gasteiger partial charge on any atom is -0.496 e. The third kappa shape index (κ3) is 3.25. The Labute approximate surface area is 118 Å². The van der Waals surface area contributed by atoms with Crippen molar-refractivity contribution in [2.45, 2.75) is 19.4 Å². The van der Waals surface area contributed by atoms with Gasteiger partial charge in [-0.15, -0.1) is 0 Å². The van der Waals surface area contributed by atoms with Crippen molar-refractivity contribution in [1.82, 2.24) is 4.98 Å². The number of halogens is 1. The zero-order valence-corrected chi connectivity index (χ0v) is 11.8. The van der Waals surface area contributed by atoms with E-state index >= 15 is 0 Å². The number of hydrogen-bond donors (Lipinski definition) is 1. The van der Waals surface area contributed by atoms with Gasteiger partial charge in [-0.2, -0.15) is 0 Å². The van der Waals surface area contributed by atoms with Crippen LogP contribution in [0, 0.1) is 6.92 Å². The SMILES string of the molecule is COc1ccc(C(N)Cc2ccncc2Cl)cc1C. The minimum atomic E-state index is -0.0930. The fraction of sp³-hybridized carbons (Fsp3) is 0.267. The van der Waals surface area contributed by atoms with Gasteiger partial charge in [0.15, 0.2) is 0 Å². The van der Waals surface area contributed by atoms with Gasteiger partial charge < -0.3 is 10.5 Å². The maximum absolute atomic E-state index is 6.24. The molecule has 0 aliphatic heterocycles. The normalized spacial score (nSPS) is 12.2. The summed E-state index contributed by atoms with van der Waals surface area (Å²) < 4.78 is 5.25. The van der Waals surface area contributed by atoms with Crippen molar-refractivity contribution < 1.29 is 4.74 Å². The predicted molar refractivity (Wildman–Crippen MR) is 77.6 cm³/mol. The van der Waals surface area contributed by atoms with Gasteiger partial charge in [0.05, 0.1) is 12.1 Å². The van der Waals surface area contributed by atoms with Gasteiger partial charge in [-0.25, -0.2) is 0 Å². The number of pyridine rings is 1. The molecule has 2 aromatic rings. The summed E-state index contributed by atoms with van der Waals surface area (Å²) in [5.74, 6) is 0.873. The molecule has 0 saturated carbocycles. The first kappa shape index (κ1) is 13.8. The van der Waals surface area contributed by atoms with E-state index in [1.165, 1.54) is 0 Å². The second-order valence-electron chi connectivity index (χ2n) is 4.51. The highest BCUT2D eigenvalue weighted by Gasteiger charge is 2.11. The molecule has 1 heterocycles. The lowest BCUT2D eigenvalue weighted by atomic mass is 9.98. The van der Waals surface area contributed by atoms with Crippen LogP contribution in [-0.2, 0) is 6.42 Å². The van der Waals surface area contributed by atoms with Gasteiger partial charge in [-0.05, 0) is 42.2 Å². The molecule has 0 amide bonds. The van der Waals surface area contributed by atoms with Crippen molar-refractivity contribution in [2.75, 3.05) is 7.11 Å². The van der Waals surface area contributed by atoms with E-state index in [9.17, 15) is 0 Å². The maximum atomic E-state index is 6.24. The lowest BCUT2D eigenvalue weighted by molar-refractivity contribution is 0.411. The molecule has 0 bridgehead atoms. The van der Waals surface area contributed by atoms with Gasteiger partial charge in [-0.1, -0.05) is 23.7 Å². The third-order valence-corrected chi connectivity index (χ3v) is 3.48. The van der Waals surface area contributed by atoms with Crippen LogP contribution < -0.4 is 10.5 Å². The van der Waals surface area contributed by atoms with Gasteiger partial charge in [0.1, 0.15) is 5.75 Å². The van der Waals surface area contributed by atoms with Crippen molar-refractivity contribution in [1.29, 1.82) is 0 Å². The van der Waals surface area contributed by atoms with E-state index < -0.39 is 0 Å². The van der Waals surface area contributed by atoms with E-state index in [0.29, 0.717) is 11.4 Å². The Bertz CT molecular complexity index is 572. The molecule has 1 aromatic heterocycles. The monoisotopic (exact) mass is 276 g/mol. The zero-order valence-electron chi connectivity index (χ0n) is 11.1. The van der Waals surface area contributed by atoms with Crippen LogP contribution in [0.25, 0.3) is 0 Å². The van der Waals surface area contributed by atoms with E-state index in [0.717, 1.165) is 22.4 Å². The molecule has 100 valence electrons. The number of nitrogens with zero attached hydrogens (tertiary/aromatic N) is 1. The summed E-state index contributed by atoms with van der Waals surface area (Å²) in [4.78, 5) is 3.97. The highest BCUT2D eigenvalue weighted by Crippen LogP contribution is 2.25. The maximum Gasteiger partial charge on any atom is 0.121 e. The Morgan fingerprint density at radius 2 is 2.16 bits per heavy atom. The fourth-order valence-corrected chi connectivity index (χ4v) is 2.25. The number of methoxy groups -OCH3 is 1. The Morgan fingerprint density at radius 1 is 1.37 bits per heavy atom. The lowest BCUT2D eigenvalue weighted by Crippen LogP contribution is -2.14. The highest BCUT2D eigenvalue weighted by atomic mass is 35.5. The first-order valence-corrected chi connectivity index (χ1v) is 6.48. The molecule has 0 saturated heterocycles. The highest BCUT2D eigenvalue weighted by molar-refractivity contribution is 6.31. The van der Waals surface area contributed by atoms with E-state index in [-0.39, 0.29) is 6.04 Å². The largest absolute Gasteiger partial charge is 0.496 e. The molecule has 2 rings (SSSR count). The van der Waals surface area contributed by atoms with Gasteiger partial charge in [0.25, 0.3) is 0 Å². The van der Waals surface area contributed by atoms with Crippen LogP contribution in [0.2, 0.25) is 5.02 Å². The number of nitrogens with two attached hydrogens (primary N) is 1. The molecular weight excluding hydrogens is 260 g/mol. The van der Waals surface area contributed by atoms with Crippen molar-refractivity contribution in [3.8, 4) is 5.75 Å². The number of rotatable bonds is 4. The molecule has 1 unspecified atom stereocenters. The van der Waals surface area contributed by atoms with Crippen LogP contribution in [0.4, 0.5) is 0 Å². The fourth-order valence-electron chi connectivity index (χ4n) is 2.06. The predicted octanol–water partition coefficient (Wildman–Crippen LogP) is 3.29. The van der Waals surface area contributed by atoms with Crippen molar-refractivity contribution >= 4 is 11.6 Å². The standard InChI is InChI=1S/C15H17ClN2O/c1-10-7-12(3-4-15(10)19-2)14(17)8-11-5-6-18-9-13(11)16/h3-7,9,14H,8,17H2,1-2H3. The quantitative estimate of drug-likeness (QED) is 0.932. The lowest BCUT2D eigenvalue weighted by Gasteiger charge is -2.15. The number of hydrogen-bond acceptors (Lipinski definition) is 3. The summed E-state index contributed by atoms with van der Waals surface area (Å²) in [6.07, 6.45) is 4.06. The first-order valence-electron chi connectivity index (χ1n) is 6.10. The average molecular weight is 277 g/mol. The topological polar surface area (TPSA) is 48.1 Å². The average Bonchev–Trinajstić information content (AvgIpc) is 2.41. The molecule has 4 heteroatoms. The molecule has 3 nitrogen and oxygen atoms in total. The van der Waals surface area contributed by atoms with Gasteiger partial charge in [0, 0.05) is 18.4 Å². The molecule has 1 atom stereocenters. The first-order chi connectivity index (χ1) is 9.11. The molecule has 0 spiro atoms. The second kappa shape index (κ2) is 6.04. The molecule has 19 heavy (non-hydrogen) atoms. The molecule has 0 fully saturated rings. The van der Waals surface area contributed by atoms with Gasteiger partial charge in [0.2, 0.25) is 0 Å². The van der Waals surface area contributed by atoms with Crippen molar-refractivity contribution in [3.05, 3.63) is 58.4 Å². The molecule has 1 aromatic carbocycles. The Morgan fingerprint density at radius 3 is 2.79 bits per heavy atom. The Kier molecular flexibility index (Phi) is 4.40. The van der Waals surface area contributed by atoms with Crippen LogP contribution in [0.5, 0.6) is 5.75 Å². The van der Waals surface area contributed by atoms with Crippen molar-refractivity contribution in [2.24, 2.45) is 5.73 Å². The zero-order chi connectivity index (χ0) is 13.8.